The van der Waals surface area contributed by atoms with E-state index < -0.39 is 52.9 Å². The second-order valence-electron chi connectivity index (χ2n) is 11.7. The van der Waals surface area contributed by atoms with E-state index in [9.17, 15) is 36.4 Å². The van der Waals surface area contributed by atoms with Gasteiger partial charge < -0.3 is 14.7 Å². The van der Waals surface area contributed by atoms with E-state index in [4.69, 9.17) is 14.3 Å². The zero-order valence-corrected chi connectivity index (χ0v) is 29.6. The maximum Gasteiger partial charge on any atom is 0.435 e. The van der Waals surface area contributed by atoms with Crippen LogP contribution in [0.4, 0.5) is 18.0 Å². The molecule has 4 rings (SSSR count). The van der Waals surface area contributed by atoms with Gasteiger partial charge in [0.2, 0.25) is 5.28 Å². The lowest BCUT2D eigenvalue weighted by Gasteiger charge is -2.28. The minimum Gasteiger partial charge on any atom is -0.569 e. The summed E-state index contributed by atoms with van der Waals surface area (Å²) in [5.41, 5.74) is 0.749. The topological polar surface area (TPSA) is 167 Å². The number of hydrazine groups is 1. The molecule has 14 nitrogen and oxygen atoms in total. The Hall–Kier alpha value is -5.65. The second-order valence-corrected chi connectivity index (χ2v) is 13.4. The van der Waals surface area contributed by atoms with Crippen LogP contribution < -0.4 is 4.72 Å². The molecule has 0 saturated heterocycles. The van der Waals surface area contributed by atoms with E-state index in [1.54, 1.807) is 54.1 Å². The molecule has 0 fully saturated rings. The van der Waals surface area contributed by atoms with E-state index in [1.165, 1.54) is 38.2 Å². The van der Waals surface area contributed by atoms with Gasteiger partial charge in [0.25, 0.3) is 16.3 Å². The van der Waals surface area contributed by atoms with Gasteiger partial charge in [0.15, 0.2) is 5.69 Å². The van der Waals surface area contributed by atoms with Crippen LogP contribution in [0.5, 0.6) is 0 Å². The van der Waals surface area contributed by atoms with Gasteiger partial charge in [-0.15, -0.1) is 5.01 Å². The average molecular weight is 747 g/mol. The number of hydrogen-bond donors (Lipinski definition) is 1. The van der Waals surface area contributed by atoms with E-state index in [0.717, 1.165) is 33.5 Å². The summed E-state index contributed by atoms with van der Waals surface area (Å²) in [4.78, 5) is 29.5. The van der Waals surface area contributed by atoms with Gasteiger partial charge in [-0.3, -0.25) is 4.84 Å². The molecular weight excluding hydrogens is 709 g/mol. The summed E-state index contributed by atoms with van der Waals surface area (Å²) in [5, 5.41) is 20.9. The number of rotatable bonds is 14. The summed E-state index contributed by atoms with van der Waals surface area (Å²) in [7, 11) is -3.16. The number of carbonyl (C=O) groups is 2. The zero-order valence-electron chi connectivity index (χ0n) is 28.8. The highest BCUT2D eigenvalue weighted by Crippen LogP contribution is 2.33. The number of esters is 1. The third-order valence-electron chi connectivity index (χ3n) is 7.94. The van der Waals surface area contributed by atoms with Crippen LogP contribution in [0.15, 0.2) is 95.1 Å². The third kappa shape index (κ3) is 9.99. The summed E-state index contributed by atoms with van der Waals surface area (Å²) in [5.74, 6) is -0.964. The Morgan fingerprint density at radius 2 is 1.67 bits per heavy atom. The Morgan fingerprint density at radius 3 is 2.27 bits per heavy atom. The van der Waals surface area contributed by atoms with Gasteiger partial charge in [-0.05, 0) is 55.3 Å². The first kappa shape index (κ1) is 39.1. The lowest BCUT2D eigenvalue weighted by Crippen LogP contribution is -2.45. The molecule has 1 N–H and O–H groups in total. The number of alkyl halides is 3. The molecule has 0 spiro atoms. The van der Waals surface area contributed by atoms with E-state index in [-0.39, 0.29) is 32.7 Å². The highest BCUT2D eigenvalue weighted by Gasteiger charge is 2.35. The van der Waals surface area contributed by atoms with Crippen molar-refractivity contribution in [2.45, 2.75) is 57.5 Å². The third-order valence-corrected chi connectivity index (χ3v) is 9.27. The smallest absolute Gasteiger partial charge is 0.435 e. The Balaban J connectivity index is 1.41. The Kier molecular flexibility index (Phi) is 12.5. The highest BCUT2D eigenvalue weighted by atomic mass is 32.2. The Morgan fingerprint density at radius 1 is 1.04 bits per heavy atom. The molecule has 1 amide bonds. The van der Waals surface area contributed by atoms with Crippen molar-refractivity contribution in [3.63, 3.8) is 0 Å². The number of nitrogens with zero attached hydrogens (tertiary/aromatic N) is 5. The number of ether oxygens (including phenoxy) is 2. The van der Waals surface area contributed by atoms with Crippen molar-refractivity contribution in [1.29, 1.82) is 0 Å². The Labute approximate surface area is 298 Å². The lowest BCUT2D eigenvalue weighted by atomic mass is 10.00. The van der Waals surface area contributed by atoms with Crippen LogP contribution in [0, 0.1) is 18.0 Å². The molecule has 1 aromatic heterocycles. The number of carbonyl (C=O) groups excluding carboxylic acids is 2. The van der Waals surface area contributed by atoms with Crippen molar-refractivity contribution in [2.24, 2.45) is 11.2 Å². The zero-order chi connectivity index (χ0) is 38.2. The number of amides is 1. The van der Waals surface area contributed by atoms with Crippen LogP contribution in [0.2, 0.25) is 0 Å². The highest BCUT2D eigenvalue weighted by molar-refractivity contribution is 7.90. The molecule has 0 aliphatic heterocycles. The van der Waals surface area contributed by atoms with Crippen LogP contribution in [-0.2, 0) is 30.5 Å². The summed E-state index contributed by atoms with van der Waals surface area (Å²) in [6.07, 6.45) is -6.78. The van der Waals surface area contributed by atoms with Gasteiger partial charge in [0.05, 0.1) is 33.9 Å². The van der Waals surface area contributed by atoms with Gasteiger partial charge in [0, 0.05) is 12.5 Å². The number of hydrogen-bond acceptors (Lipinski definition) is 10. The molecule has 3 atom stereocenters. The fraction of sp³-hybridized carbons (Fsp3) is 0.324. The van der Waals surface area contributed by atoms with Crippen LogP contribution in [0.1, 0.15) is 48.8 Å². The van der Waals surface area contributed by atoms with Crippen LogP contribution in [0.25, 0.3) is 16.9 Å². The van der Waals surface area contributed by atoms with Gasteiger partial charge >= 0.3 is 18.2 Å². The van der Waals surface area contributed by atoms with Crippen LogP contribution in [-0.4, -0.2) is 66.2 Å². The van der Waals surface area contributed by atoms with Gasteiger partial charge in [-0.25, -0.2) is 27.4 Å². The molecule has 3 aromatic carbocycles. The fourth-order valence-electron chi connectivity index (χ4n) is 4.79. The first-order chi connectivity index (χ1) is 24.5. The van der Waals surface area contributed by atoms with Crippen molar-refractivity contribution in [2.75, 3.05) is 13.7 Å². The minimum absolute atomic E-state index is 0.0742. The summed E-state index contributed by atoms with van der Waals surface area (Å²) >= 11 is 0. The number of sulfonamides is 1. The summed E-state index contributed by atoms with van der Waals surface area (Å²) in [6.45, 7) is 6.33. The number of nitrogens with one attached hydrogen (secondary N) is 1. The molecule has 18 heteroatoms. The molecule has 0 radical (unpaired) electrons. The van der Waals surface area contributed by atoms with Gasteiger partial charge in [0.1, 0.15) is 12.6 Å². The predicted octanol–water partition coefficient (Wildman–Crippen LogP) is 6.64. The number of aromatic nitrogens is 2. The van der Waals surface area contributed by atoms with Gasteiger partial charge in [-0.2, -0.15) is 18.3 Å². The van der Waals surface area contributed by atoms with E-state index >= 15 is 0 Å². The van der Waals surface area contributed by atoms with Crippen LogP contribution >= 0.6 is 0 Å². The van der Waals surface area contributed by atoms with Crippen LogP contribution in [0.3, 0.4) is 0 Å². The standard InChI is InChI=1S/C34H37F3N6O8S/c1-6-23(3)30(41(5)43(46)40-51-24(4)50-32(44)26-10-8-7-9-11-26)21-49-33(45)39-52(47,48)28-18-16-27(17-19-28)42-29(20-31(38-42)34(35,36)37)25-14-12-22(2)13-15-25/h7-20,23-24,30H,6,21H2,1-5H3,(H,39,45)/b43-40-/t23-,24?,30-/m1/s1. The second kappa shape index (κ2) is 16.6. The van der Waals surface area contributed by atoms with Crippen molar-refractivity contribution in [3.8, 4) is 16.9 Å². The quantitative estimate of drug-likeness (QED) is 0.0486. The normalized spacial score (nSPS) is 13.8. The lowest BCUT2D eigenvalue weighted by molar-refractivity contribution is -0.716. The van der Waals surface area contributed by atoms with Crippen molar-refractivity contribution in [1.82, 2.24) is 19.5 Å². The van der Waals surface area contributed by atoms with E-state index in [0.29, 0.717) is 12.0 Å². The molecule has 1 unspecified atom stereocenters. The molecule has 0 aliphatic rings. The SMILES string of the molecule is CC[C@@H](C)[C@@H](COC(=O)NS(=O)(=O)c1ccc(-n2nc(C(F)(F)F)cc2-c2ccc(C)cc2)cc1)N(C)/[N+]([O-])=N/OC(C)OC(=O)c1ccccc1. The molecule has 1 heterocycles. The maximum atomic E-state index is 13.6. The molecular formula is C34H37F3N6O8S. The number of halogens is 3. The molecule has 0 aliphatic carbocycles. The number of benzene rings is 3. The summed E-state index contributed by atoms with van der Waals surface area (Å²) < 4.78 is 79.9. The predicted molar refractivity (Wildman–Crippen MR) is 180 cm³/mol. The average Bonchev–Trinajstić information content (AvgIpc) is 3.57. The molecule has 0 bridgehead atoms. The van der Waals surface area contributed by atoms with Crippen molar-refractivity contribution >= 4 is 22.1 Å². The monoisotopic (exact) mass is 746 g/mol. The van der Waals surface area contributed by atoms with Crippen molar-refractivity contribution in [3.05, 3.63) is 107 Å². The molecule has 278 valence electrons. The summed E-state index contributed by atoms with van der Waals surface area (Å²) in [6, 6.07) is 19.7. The molecule has 52 heavy (non-hydrogen) atoms. The maximum absolute atomic E-state index is 13.6. The first-order valence-corrected chi connectivity index (χ1v) is 17.4. The first-order valence-electron chi connectivity index (χ1n) is 15.9. The molecule has 0 saturated carbocycles. The van der Waals surface area contributed by atoms with E-state index in [2.05, 4.69) is 10.4 Å². The fourth-order valence-corrected chi connectivity index (χ4v) is 5.68. The number of likely N-dealkylation sites (N-methyl/N-ethyl adjacent to an activating group) is 1. The number of aryl methyl sites for hydroxylation is 1. The van der Waals surface area contributed by atoms with Gasteiger partial charge in [-0.1, -0.05) is 68.3 Å². The minimum atomic E-state index is -4.73. The van der Waals surface area contributed by atoms with Crippen molar-refractivity contribution < 1.29 is 50.5 Å². The van der Waals surface area contributed by atoms with E-state index in [1.807, 2.05) is 13.8 Å². The Bertz CT molecular complexity index is 1970. The molecule has 4 aromatic rings. The largest absolute Gasteiger partial charge is 0.569 e.